The highest BCUT2D eigenvalue weighted by molar-refractivity contribution is 7.09. The van der Waals surface area contributed by atoms with Crippen molar-refractivity contribution in [1.82, 2.24) is 0 Å². The first-order chi connectivity index (χ1) is 8.75. The van der Waals surface area contributed by atoms with E-state index < -0.39 is 0 Å². The van der Waals surface area contributed by atoms with E-state index in [1.54, 1.807) is 0 Å². The Morgan fingerprint density at radius 2 is 1.89 bits per heavy atom. The number of fused-ring (bicyclic) bond motifs is 1. The Kier molecular flexibility index (Phi) is 3.23. The van der Waals surface area contributed by atoms with Crippen LogP contribution in [0.15, 0.2) is 29.0 Å². The second-order valence-corrected chi connectivity index (χ2v) is 5.75. The van der Waals surface area contributed by atoms with Crippen molar-refractivity contribution < 1.29 is 4.79 Å². The van der Waals surface area contributed by atoms with Gasteiger partial charge in [0, 0.05) is 10.9 Å². The molecule has 0 spiro atoms. The summed E-state index contributed by atoms with van der Waals surface area (Å²) >= 11 is 7.13. The number of hydrogen-bond donors (Lipinski definition) is 0. The van der Waals surface area contributed by atoms with Crippen LogP contribution in [0.1, 0.15) is 34.3 Å². The van der Waals surface area contributed by atoms with Gasteiger partial charge in [-0.05, 0) is 59.4 Å². The number of thiophene rings is 1. The lowest BCUT2D eigenvalue weighted by atomic mass is 9.89. The molecular weight excluding hydrogens is 264 g/mol. The summed E-state index contributed by atoms with van der Waals surface area (Å²) in [5.74, 6) is 0. The van der Waals surface area contributed by atoms with Crippen molar-refractivity contribution in [2.75, 3.05) is 0 Å². The van der Waals surface area contributed by atoms with E-state index >= 15 is 0 Å². The van der Waals surface area contributed by atoms with Gasteiger partial charge in [0.2, 0.25) is 0 Å². The summed E-state index contributed by atoms with van der Waals surface area (Å²) in [5.41, 5.74) is 5.59. The smallest absolute Gasteiger partial charge is 0.253 e. The van der Waals surface area contributed by atoms with Crippen LogP contribution >= 0.6 is 22.9 Å². The molecule has 0 N–H and O–H groups in total. The molecule has 0 unspecified atom stereocenters. The molecule has 0 radical (unpaired) electrons. The van der Waals surface area contributed by atoms with E-state index in [4.69, 9.17) is 11.6 Å². The number of benzene rings is 1. The van der Waals surface area contributed by atoms with Gasteiger partial charge < -0.3 is 0 Å². The van der Waals surface area contributed by atoms with Crippen molar-refractivity contribution in [3.8, 4) is 11.1 Å². The van der Waals surface area contributed by atoms with Crippen LogP contribution < -0.4 is 0 Å². The molecule has 0 atom stereocenters. The summed E-state index contributed by atoms with van der Waals surface area (Å²) in [5, 5.41) is 3.45. The van der Waals surface area contributed by atoms with Crippen molar-refractivity contribution in [2.45, 2.75) is 25.7 Å². The van der Waals surface area contributed by atoms with Crippen molar-refractivity contribution in [2.24, 2.45) is 0 Å². The summed E-state index contributed by atoms with van der Waals surface area (Å²) in [6, 6.07) is 6.53. The van der Waals surface area contributed by atoms with Gasteiger partial charge in [-0.15, -0.1) is 0 Å². The highest BCUT2D eigenvalue weighted by Crippen LogP contribution is 2.32. The molecule has 1 nitrogen and oxygen atoms in total. The van der Waals surface area contributed by atoms with Crippen molar-refractivity contribution in [1.29, 1.82) is 0 Å². The van der Waals surface area contributed by atoms with E-state index in [1.165, 1.54) is 41.7 Å². The highest BCUT2D eigenvalue weighted by atomic mass is 35.5. The molecule has 1 heterocycles. The Labute approximate surface area is 115 Å². The van der Waals surface area contributed by atoms with Gasteiger partial charge in [-0.1, -0.05) is 18.2 Å². The fraction of sp³-hybridized carbons (Fsp3) is 0.267. The summed E-state index contributed by atoms with van der Waals surface area (Å²) in [4.78, 5) is 11.4. The van der Waals surface area contributed by atoms with E-state index in [1.807, 2.05) is 10.8 Å². The van der Waals surface area contributed by atoms with E-state index in [0.717, 1.165) is 17.5 Å². The van der Waals surface area contributed by atoms with Crippen molar-refractivity contribution in [3.63, 3.8) is 0 Å². The largest absolute Gasteiger partial charge is 0.276 e. The first kappa shape index (κ1) is 11.9. The molecule has 0 fully saturated rings. The Morgan fingerprint density at radius 3 is 2.67 bits per heavy atom. The Morgan fingerprint density at radius 1 is 1.11 bits per heavy atom. The fourth-order valence-corrected chi connectivity index (χ4v) is 3.63. The number of hydrogen-bond acceptors (Lipinski definition) is 2. The van der Waals surface area contributed by atoms with Gasteiger partial charge in [-0.25, -0.2) is 0 Å². The molecule has 1 aromatic carbocycles. The average Bonchev–Trinajstić information content (AvgIpc) is 2.87. The third-order valence-corrected chi connectivity index (χ3v) is 4.48. The molecule has 0 saturated heterocycles. The van der Waals surface area contributed by atoms with Crippen LogP contribution in [-0.4, -0.2) is 5.24 Å². The third kappa shape index (κ3) is 2.11. The topological polar surface area (TPSA) is 17.1 Å². The molecule has 18 heavy (non-hydrogen) atoms. The minimum Gasteiger partial charge on any atom is -0.276 e. The van der Waals surface area contributed by atoms with E-state index in [9.17, 15) is 4.79 Å². The van der Waals surface area contributed by atoms with Crippen LogP contribution in [0.5, 0.6) is 0 Å². The first-order valence-corrected chi connectivity index (χ1v) is 7.46. The average molecular weight is 277 g/mol. The summed E-state index contributed by atoms with van der Waals surface area (Å²) < 4.78 is 0. The summed E-state index contributed by atoms with van der Waals surface area (Å²) in [6.45, 7) is 0. The predicted octanol–water partition coefficient (Wildman–Crippen LogP) is 4.67. The van der Waals surface area contributed by atoms with Gasteiger partial charge in [0.05, 0.1) is 5.56 Å². The zero-order valence-corrected chi connectivity index (χ0v) is 11.5. The van der Waals surface area contributed by atoms with Crippen LogP contribution in [-0.2, 0) is 12.8 Å². The number of aryl methyl sites for hydroxylation is 2. The maximum Gasteiger partial charge on any atom is 0.253 e. The van der Waals surface area contributed by atoms with Crippen LogP contribution in [0.4, 0.5) is 0 Å². The molecule has 0 saturated carbocycles. The molecule has 0 aliphatic heterocycles. The van der Waals surface area contributed by atoms with Gasteiger partial charge in [0.15, 0.2) is 0 Å². The fourth-order valence-electron chi connectivity index (χ4n) is 2.57. The van der Waals surface area contributed by atoms with Crippen LogP contribution in [0, 0.1) is 0 Å². The molecule has 1 aliphatic carbocycles. The Hall–Kier alpha value is -1.12. The summed E-state index contributed by atoms with van der Waals surface area (Å²) in [7, 11) is 0. The lowest BCUT2D eigenvalue weighted by Crippen LogP contribution is -2.02. The SMILES string of the molecule is O=C(Cl)c1cscc1-c1ccc2c(c1)CCCC2. The minimum absolute atomic E-state index is 0.371. The van der Waals surface area contributed by atoms with Gasteiger partial charge >= 0.3 is 0 Å². The highest BCUT2D eigenvalue weighted by Gasteiger charge is 2.14. The van der Waals surface area contributed by atoms with E-state index in [-0.39, 0.29) is 5.24 Å². The normalized spacial score (nSPS) is 14.3. The quantitative estimate of drug-likeness (QED) is 0.728. The van der Waals surface area contributed by atoms with Gasteiger partial charge in [0.1, 0.15) is 0 Å². The van der Waals surface area contributed by atoms with E-state index in [0.29, 0.717) is 5.56 Å². The molecule has 0 amide bonds. The molecule has 3 heteroatoms. The van der Waals surface area contributed by atoms with Crippen molar-refractivity contribution >= 4 is 28.2 Å². The maximum absolute atomic E-state index is 11.4. The van der Waals surface area contributed by atoms with Crippen molar-refractivity contribution in [3.05, 3.63) is 45.6 Å². The molecule has 1 aliphatic rings. The van der Waals surface area contributed by atoms with E-state index in [2.05, 4.69) is 18.2 Å². The monoisotopic (exact) mass is 276 g/mol. The lowest BCUT2D eigenvalue weighted by Gasteiger charge is -2.16. The molecule has 1 aromatic heterocycles. The second kappa shape index (κ2) is 4.87. The number of carbonyl (C=O) groups excluding carboxylic acids is 1. The standard InChI is InChI=1S/C15H13ClOS/c16-15(17)14-9-18-8-13(14)12-6-5-10-3-1-2-4-11(10)7-12/h5-9H,1-4H2. The predicted molar refractivity (Wildman–Crippen MR) is 76.6 cm³/mol. The minimum atomic E-state index is -0.371. The second-order valence-electron chi connectivity index (χ2n) is 4.66. The number of rotatable bonds is 2. The Balaban J connectivity index is 2.06. The molecular formula is C15H13ClOS. The van der Waals surface area contributed by atoms with Gasteiger partial charge in [-0.3, -0.25) is 4.79 Å². The molecule has 3 rings (SSSR count). The van der Waals surface area contributed by atoms with Crippen LogP contribution in [0.2, 0.25) is 0 Å². The van der Waals surface area contributed by atoms with Gasteiger partial charge in [-0.2, -0.15) is 11.3 Å². The zero-order valence-electron chi connectivity index (χ0n) is 9.91. The number of halogens is 1. The Bertz CT molecular complexity index is 600. The van der Waals surface area contributed by atoms with Gasteiger partial charge in [0.25, 0.3) is 5.24 Å². The molecule has 92 valence electrons. The lowest BCUT2D eigenvalue weighted by molar-refractivity contribution is 0.108. The molecule has 2 aromatic rings. The maximum atomic E-state index is 11.4. The van der Waals surface area contributed by atoms with Crippen LogP contribution in [0.3, 0.4) is 0 Å². The first-order valence-electron chi connectivity index (χ1n) is 6.14. The summed E-state index contributed by atoms with van der Waals surface area (Å²) in [6.07, 6.45) is 4.88. The number of carbonyl (C=O) groups is 1. The molecule has 0 bridgehead atoms. The zero-order chi connectivity index (χ0) is 12.5. The third-order valence-electron chi connectivity index (χ3n) is 3.53. The van der Waals surface area contributed by atoms with Crippen LogP contribution in [0.25, 0.3) is 11.1 Å².